The number of carbonyl (C=O) groups excluding carboxylic acids is 2. The summed E-state index contributed by atoms with van der Waals surface area (Å²) in [5, 5.41) is 13.6. The van der Waals surface area contributed by atoms with Crippen molar-refractivity contribution in [1.29, 1.82) is 0 Å². The molecular weight excluding hydrogens is 486 g/mol. The lowest BCUT2D eigenvalue weighted by Crippen LogP contribution is -2.22. The number of rotatable bonds is 5. The number of nitro groups is 1. The molecule has 0 saturated carbocycles. The van der Waals surface area contributed by atoms with E-state index in [1.807, 2.05) is 0 Å². The molecule has 1 amide bonds. The lowest BCUT2D eigenvalue weighted by molar-refractivity contribution is -0.385. The zero-order valence-electron chi connectivity index (χ0n) is 14.7. The molecule has 3 rings (SSSR count). The molecule has 0 fully saturated rings. The number of carbonyl (C=O) groups is 2. The summed E-state index contributed by atoms with van der Waals surface area (Å²) in [5.74, 6) is -1.67. The molecule has 2 aromatic rings. The maximum Gasteiger partial charge on any atom is 0.345 e. The number of amides is 1. The minimum Gasteiger partial charge on any atom is -0.486 e. The van der Waals surface area contributed by atoms with E-state index in [1.165, 1.54) is 6.07 Å². The van der Waals surface area contributed by atoms with Crippen LogP contribution >= 0.6 is 46.4 Å². The van der Waals surface area contributed by atoms with Gasteiger partial charge in [-0.3, -0.25) is 14.9 Å². The summed E-state index contributed by atoms with van der Waals surface area (Å²) in [6.07, 6.45) is 0. The monoisotopic (exact) mass is 494 g/mol. The molecule has 30 heavy (non-hydrogen) atoms. The van der Waals surface area contributed by atoms with E-state index in [0.29, 0.717) is 0 Å². The van der Waals surface area contributed by atoms with Gasteiger partial charge < -0.3 is 19.5 Å². The molecule has 1 heterocycles. The Morgan fingerprint density at radius 3 is 2.17 bits per heavy atom. The Labute approximate surface area is 188 Å². The predicted octanol–water partition coefficient (Wildman–Crippen LogP) is 4.78. The number of fused-ring (bicyclic) bond motifs is 1. The number of hydrogen-bond acceptors (Lipinski definition) is 7. The highest BCUT2D eigenvalue weighted by Gasteiger charge is 2.28. The summed E-state index contributed by atoms with van der Waals surface area (Å²) in [6, 6.07) is 3.47. The van der Waals surface area contributed by atoms with Gasteiger partial charge in [0.25, 0.3) is 11.6 Å². The van der Waals surface area contributed by atoms with E-state index in [0.717, 1.165) is 12.1 Å². The fraction of sp³-hybridized carbons (Fsp3) is 0.176. The quantitative estimate of drug-likeness (QED) is 0.274. The van der Waals surface area contributed by atoms with Gasteiger partial charge >= 0.3 is 5.97 Å². The number of anilines is 1. The number of ether oxygens (including phenoxy) is 3. The molecule has 0 bridgehead atoms. The van der Waals surface area contributed by atoms with E-state index in [2.05, 4.69) is 5.32 Å². The van der Waals surface area contributed by atoms with E-state index in [9.17, 15) is 19.7 Å². The number of esters is 1. The second kappa shape index (κ2) is 9.13. The molecule has 9 nitrogen and oxygen atoms in total. The third-order valence-electron chi connectivity index (χ3n) is 3.79. The van der Waals surface area contributed by atoms with Crippen LogP contribution in [0.4, 0.5) is 11.4 Å². The van der Waals surface area contributed by atoms with Crippen LogP contribution in [0.15, 0.2) is 18.2 Å². The first-order chi connectivity index (χ1) is 14.2. The van der Waals surface area contributed by atoms with Crippen molar-refractivity contribution in [1.82, 2.24) is 0 Å². The number of nitrogens with zero attached hydrogens (tertiary/aromatic N) is 1. The van der Waals surface area contributed by atoms with E-state index >= 15 is 0 Å². The maximum atomic E-state index is 12.4. The van der Waals surface area contributed by atoms with Crippen molar-refractivity contribution in [3.63, 3.8) is 0 Å². The summed E-state index contributed by atoms with van der Waals surface area (Å²) in [7, 11) is 0. The number of nitro benzene ring substituents is 1. The van der Waals surface area contributed by atoms with Crippen LogP contribution in [0.1, 0.15) is 10.4 Å². The molecule has 158 valence electrons. The molecule has 1 aliphatic heterocycles. The van der Waals surface area contributed by atoms with E-state index < -0.39 is 34.7 Å². The summed E-state index contributed by atoms with van der Waals surface area (Å²) in [4.78, 5) is 35.0. The summed E-state index contributed by atoms with van der Waals surface area (Å²) in [5.41, 5.74) is -1.03. The van der Waals surface area contributed by atoms with Crippen molar-refractivity contribution in [2.45, 2.75) is 0 Å². The molecule has 0 saturated heterocycles. The van der Waals surface area contributed by atoms with Crippen molar-refractivity contribution in [2.75, 3.05) is 25.1 Å². The second-order valence-electron chi connectivity index (χ2n) is 5.74. The van der Waals surface area contributed by atoms with Crippen LogP contribution in [0.25, 0.3) is 0 Å². The average Bonchev–Trinajstić information content (AvgIpc) is 2.72. The first kappa shape index (κ1) is 22.2. The largest absolute Gasteiger partial charge is 0.486 e. The van der Waals surface area contributed by atoms with Gasteiger partial charge in [-0.2, -0.15) is 0 Å². The number of benzene rings is 2. The van der Waals surface area contributed by atoms with Gasteiger partial charge in [-0.1, -0.05) is 46.4 Å². The number of halogens is 4. The van der Waals surface area contributed by atoms with E-state index in [-0.39, 0.29) is 50.5 Å². The van der Waals surface area contributed by atoms with Gasteiger partial charge in [-0.15, -0.1) is 0 Å². The van der Waals surface area contributed by atoms with Crippen molar-refractivity contribution in [3.05, 3.63) is 54.0 Å². The summed E-state index contributed by atoms with van der Waals surface area (Å²) < 4.78 is 15.5. The third kappa shape index (κ3) is 4.65. The van der Waals surface area contributed by atoms with Crippen LogP contribution in [0.5, 0.6) is 11.5 Å². The maximum absolute atomic E-state index is 12.4. The average molecular weight is 496 g/mol. The fourth-order valence-corrected chi connectivity index (χ4v) is 3.36. The molecule has 2 aromatic carbocycles. The topological polar surface area (TPSA) is 117 Å². The van der Waals surface area contributed by atoms with Gasteiger partial charge in [0.1, 0.15) is 18.8 Å². The highest BCUT2D eigenvalue weighted by molar-refractivity contribution is 6.50. The number of hydrogen-bond donors (Lipinski definition) is 1. The van der Waals surface area contributed by atoms with Crippen molar-refractivity contribution in [2.24, 2.45) is 0 Å². The van der Waals surface area contributed by atoms with Crippen LogP contribution < -0.4 is 14.8 Å². The van der Waals surface area contributed by atoms with Crippen LogP contribution in [-0.4, -0.2) is 36.6 Å². The SMILES string of the molecule is O=C(COC(=O)c1cc2c(cc1[N+](=O)[O-])OCCO2)Nc1c(Cl)c(Cl)cc(Cl)c1Cl. The minimum atomic E-state index is -1.12. The standard InChI is InChI=1S/C17H10Cl4N2O7/c18-8-4-9(19)15(21)16(14(8)20)22-13(24)6-30-17(25)7-3-11-12(29-2-1-28-11)5-10(7)23(26)27/h3-5H,1-2,6H2,(H,22,24). The third-order valence-corrected chi connectivity index (χ3v) is 5.36. The van der Waals surface area contributed by atoms with Crippen molar-refractivity contribution >= 4 is 69.7 Å². The molecule has 0 radical (unpaired) electrons. The van der Waals surface area contributed by atoms with Gasteiger partial charge in [0, 0.05) is 6.07 Å². The Kier molecular flexibility index (Phi) is 6.77. The zero-order chi connectivity index (χ0) is 22.0. The Hall–Kier alpha value is -2.46. The predicted molar refractivity (Wildman–Crippen MR) is 109 cm³/mol. The molecule has 0 aromatic heterocycles. The van der Waals surface area contributed by atoms with Crippen molar-refractivity contribution in [3.8, 4) is 11.5 Å². The van der Waals surface area contributed by atoms with Gasteiger partial charge in [-0.05, 0) is 6.07 Å². The molecule has 1 aliphatic rings. The lowest BCUT2D eigenvalue weighted by atomic mass is 10.1. The molecule has 0 unspecified atom stereocenters. The highest BCUT2D eigenvalue weighted by Crippen LogP contribution is 2.41. The first-order valence-electron chi connectivity index (χ1n) is 8.07. The molecule has 0 spiro atoms. The first-order valence-corrected chi connectivity index (χ1v) is 9.58. The molecule has 0 atom stereocenters. The van der Waals surface area contributed by atoms with Crippen LogP contribution in [0.2, 0.25) is 20.1 Å². The van der Waals surface area contributed by atoms with E-state index in [1.54, 1.807) is 0 Å². The summed E-state index contributed by atoms with van der Waals surface area (Å²) >= 11 is 23.8. The second-order valence-corrected chi connectivity index (χ2v) is 7.31. The van der Waals surface area contributed by atoms with Gasteiger partial charge in [-0.25, -0.2) is 4.79 Å². The number of nitrogens with one attached hydrogen (secondary N) is 1. The Morgan fingerprint density at radius 1 is 1.03 bits per heavy atom. The molecule has 1 N–H and O–H groups in total. The van der Waals surface area contributed by atoms with Crippen LogP contribution in [0, 0.1) is 10.1 Å². The van der Waals surface area contributed by atoms with Crippen LogP contribution in [0.3, 0.4) is 0 Å². The molecule has 13 heteroatoms. The smallest absolute Gasteiger partial charge is 0.345 e. The fourth-order valence-electron chi connectivity index (χ4n) is 2.46. The Bertz CT molecular complexity index is 1030. The van der Waals surface area contributed by atoms with Gasteiger partial charge in [0.05, 0.1) is 36.8 Å². The zero-order valence-corrected chi connectivity index (χ0v) is 17.7. The molecule has 0 aliphatic carbocycles. The van der Waals surface area contributed by atoms with Gasteiger partial charge in [0.15, 0.2) is 18.1 Å². The minimum absolute atomic E-state index is 0.0465. The lowest BCUT2D eigenvalue weighted by Gasteiger charge is -2.18. The molecular formula is C17H10Cl4N2O7. The van der Waals surface area contributed by atoms with Crippen molar-refractivity contribution < 1.29 is 28.7 Å². The van der Waals surface area contributed by atoms with E-state index in [4.69, 9.17) is 60.6 Å². The summed E-state index contributed by atoms with van der Waals surface area (Å²) in [6.45, 7) is -0.362. The Morgan fingerprint density at radius 2 is 1.60 bits per heavy atom. The normalized spacial score (nSPS) is 12.3. The van der Waals surface area contributed by atoms with Crippen LogP contribution in [-0.2, 0) is 9.53 Å². The Balaban J connectivity index is 1.75. The highest BCUT2D eigenvalue weighted by atomic mass is 35.5. The van der Waals surface area contributed by atoms with Gasteiger partial charge in [0.2, 0.25) is 0 Å².